The first-order valence-corrected chi connectivity index (χ1v) is 7.18. The lowest BCUT2D eigenvalue weighted by molar-refractivity contribution is -0.131. The highest BCUT2D eigenvalue weighted by molar-refractivity contribution is 5.76. The number of carbonyl (C=O) groups excluding carboxylic acids is 1. The standard InChI is InChI=1S/C14H26N2O2/c1-14(10-15)6-7-16(11-14)13(17)3-2-12-4-8-18-9-5-12/h12H,2-11,15H2,1H3. The Morgan fingerprint density at radius 3 is 2.78 bits per heavy atom. The van der Waals surface area contributed by atoms with Crippen LogP contribution in [0.5, 0.6) is 0 Å². The molecule has 0 spiro atoms. The third kappa shape index (κ3) is 3.45. The maximum atomic E-state index is 12.1. The molecule has 4 nitrogen and oxygen atoms in total. The van der Waals surface area contributed by atoms with E-state index in [1.807, 2.05) is 4.90 Å². The Balaban J connectivity index is 1.72. The lowest BCUT2D eigenvalue weighted by atomic mass is 9.90. The molecular weight excluding hydrogens is 228 g/mol. The Hall–Kier alpha value is -0.610. The van der Waals surface area contributed by atoms with Crippen LogP contribution in [0, 0.1) is 11.3 Å². The van der Waals surface area contributed by atoms with Crippen molar-refractivity contribution >= 4 is 5.91 Å². The molecule has 104 valence electrons. The third-order valence-corrected chi connectivity index (χ3v) is 4.51. The maximum Gasteiger partial charge on any atom is 0.222 e. The van der Waals surface area contributed by atoms with E-state index in [-0.39, 0.29) is 5.41 Å². The molecule has 0 aromatic rings. The topological polar surface area (TPSA) is 55.6 Å². The Kier molecular flexibility index (Phi) is 4.62. The van der Waals surface area contributed by atoms with Gasteiger partial charge in [-0.2, -0.15) is 0 Å². The molecule has 2 heterocycles. The fourth-order valence-electron chi connectivity index (χ4n) is 2.92. The fourth-order valence-corrected chi connectivity index (χ4v) is 2.92. The summed E-state index contributed by atoms with van der Waals surface area (Å²) < 4.78 is 5.34. The van der Waals surface area contributed by atoms with E-state index in [0.29, 0.717) is 24.8 Å². The van der Waals surface area contributed by atoms with E-state index in [4.69, 9.17) is 10.5 Å². The van der Waals surface area contributed by atoms with Crippen LogP contribution in [0.3, 0.4) is 0 Å². The van der Waals surface area contributed by atoms with E-state index >= 15 is 0 Å². The zero-order chi connectivity index (χ0) is 13.0. The summed E-state index contributed by atoms with van der Waals surface area (Å²) in [7, 11) is 0. The number of nitrogens with two attached hydrogens (primary N) is 1. The highest BCUT2D eigenvalue weighted by Crippen LogP contribution is 2.29. The Bertz CT molecular complexity index is 290. The number of likely N-dealkylation sites (tertiary alicyclic amines) is 1. The molecule has 1 amide bonds. The van der Waals surface area contributed by atoms with Crippen LogP contribution in [-0.2, 0) is 9.53 Å². The van der Waals surface area contributed by atoms with Gasteiger partial charge in [0.2, 0.25) is 5.91 Å². The van der Waals surface area contributed by atoms with Crippen molar-refractivity contribution in [2.24, 2.45) is 17.1 Å². The van der Waals surface area contributed by atoms with Gasteiger partial charge in [0.05, 0.1) is 0 Å². The molecule has 2 fully saturated rings. The molecule has 2 aliphatic heterocycles. The summed E-state index contributed by atoms with van der Waals surface area (Å²) in [5, 5.41) is 0. The highest BCUT2D eigenvalue weighted by atomic mass is 16.5. The van der Waals surface area contributed by atoms with E-state index in [1.165, 1.54) is 0 Å². The second-order valence-electron chi connectivity index (χ2n) is 6.17. The third-order valence-electron chi connectivity index (χ3n) is 4.51. The first-order chi connectivity index (χ1) is 8.63. The molecule has 2 rings (SSSR count). The zero-order valence-electron chi connectivity index (χ0n) is 11.5. The maximum absolute atomic E-state index is 12.1. The quantitative estimate of drug-likeness (QED) is 0.825. The van der Waals surface area contributed by atoms with Crippen molar-refractivity contribution in [1.82, 2.24) is 4.90 Å². The van der Waals surface area contributed by atoms with Crippen LogP contribution in [0.1, 0.15) is 39.0 Å². The van der Waals surface area contributed by atoms with Gasteiger partial charge in [-0.1, -0.05) is 6.92 Å². The lowest BCUT2D eigenvalue weighted by Gasteiger charge is -2.24. The molecule has 0 saturated carbocycles. The van der Waals surface area contributed by atoms with E-state index in [0.717, 1.165) is 52.0 Å². The van der Waals surface area contributed by atoms with Crippen molar-refractivity contribution in [3.05, 3.63) is 0 Å². The predicted octanol–water partition coefficient (Wildman–Crippen LogP) is 1.39. The molecule has 0 aliphatic carbocycles. The van der Waals surface area contributed by atoms with Gasteiger partial charge in [0, 0.05) is 32.7 Å². The first-order valence-electron chi connectivity index (χ1n) is 7.18. The van der Waals surface area contributed by atoms with Crippen LogP contribution in [0.4, 0.5) is 0 Å². The minimum atomic E-state index is 0.147. The summed E-state index contributed by atoms with van der Waals surface area (Å²) in [4.78, 5) is 14.2. The molecule has 18 heavy (non-hydrogen) atoms. The van der Waals surface area contributed by atoms with Crippen LogP contribution in [0.15, 0.2) is 0 Å². The molecule has 4 heteroatoms. The van der Waals surface area contributed by atoms with E-state index < -0.39 is 0 Å². The second kappa shape index (κ2) is 6.02. The molecule has 0 aromatic carbocycles. The number of nitrogens with zero attached hydrogens (tertiary/aromatic N) is 1. The average Bonchev–Trinajstić information content (AvgIpc) is 2.81. The van der Waals surface area contributed by atoms with Gasteiger partial charge < -0.3 is 15.4 Å². The fraction of sp³-hybridized carbons (Fsp3) is 0.929. The highest BCUT2D eigenvalue weighted by Gasteiger charge is 2.34. The van der Waals surface area contributed by atoms with Crippen molar-refractivity contribution in [1.29, 1.82) is 0 Å². The zero-order valence-corrected chi connectivity index (χ0v) is 11.5. The van der Waals surface area contributed by atoms with Gasteiger partial charge in [0.25, 0.3) is 0 Å². The summed E-state index contributed by atoms with van der Waals surface area (Å²) in [6.45, 7) is 6.33. The number of rotatable bonds is 4. The molecule has 0 aromatic heterocycles. The molecule has 2 saturated heterocycles. The van der Waals surface area contributed by atoms with Gasteiger partial charge in [-0.25, -0.2) is 0 Å². The predicted molar refractivity (Wildman–Crippen MR) is 71.1 cm³/mol. The lowest BCUT2D eigenvalue weighted by Crippen LogP contribution is -2.34. The van der Waals surface area contributed by atoms with Crippen molar-refractivity contribution < 1.29 is 9.53 Å². The Morgan fingerprint density at radius 2 is 2.17 bits per heavy atom. The van der Waals surface area contributed by atoms with E-state index in [1.54, 1.807) is 0 Å². The van der Waals surface area contributed by atoms with Gasteiger partial charge in [-0.3, -0.25) is 4.79 Å². The number of hydrogen-bond donors (Lipinski definition) is 1. The summed E-state index contributed by atoms with van der Waals surface area (Å²) >= 11 is 0. The van der Waals surface area contributed by atoms with Crippen LogP contribution < -0.4 is 5.73 Å². The molecule has 0 radical (unpaired) electrons. The van der Waals surface area contributed by atoms with Crippen molar-refractivity contribution in [3.8, 4) is 0 Å². The first kappa shape index (κ1) is 13.8. The monoisotopic (exact) mass is 254 g/mol. The second-order valence-corrected chi connectivity index (χ2v) is 6.17. The Morgan fingerprint density at radius 1 is 1.44 bits per heavy atom. The van der Waals surface area contributed by atoms with Crippen LogP contribution in [-0.4, -0.2) is 43.7 Å². The summed E-state index contributed by atoms with van der Waals surface area (Å²) in [5.41, 5.74) is 5.92. The van der Waals surface area contributed by atoms with Gasteiger partial charge in [0.15, 0.2) is 0 Å². The van der Waals surface area contributed by atoms with Gasteiger partial charge >= 0.3 is 0 Å². The minimum absolute atomic E-state index is 0.147. The summed E-state index contributed by atoms with van der Waals surface area (Å²) in [5.74, 6) is 1.00. The van der Waals surface area contributed by atoms with Crippen LogP contribution in [0.2, 0.25) is 0 Å². The minimum Gasteiger partial charge on any atom is -0.381 e. The Labute approximate surface area is 110 Å². The van der Waals surface area contributed by atoms with Gasteiger partial charge in [-0.05, 0) is 43.6 Å². The van der Waals surface area contributed by atoms with Crippen molar-refractivity contribution in [2.75, 3.05) is 32.8 Å². The van der Waals surface area contributed by atoms with Crippen molar-refractivity contribution in [3.63, 3.8) is 0 Å². The van der Waals surface area contributed by atoms with Crippen LogP contribution in [0.25, 0.3) is 0 Å². The normalized spacial score (nSPS) is 29.8. The van der Waals surface area contributed by atoms with Gasteiger partial charge in [0.1, 0.15) is 0 Å². The van der Waals surface area contributed by atoms with Crippen LogP contribution >= 0.6 is 0 Å². The smallest absolute Gasteiger partial charge is 0.222 e. The molecule has 0 bridgehead atoms. The largest absolute Gasteiger partial charge is 0.381 e. The molecule has 1 atom stereocenters. The average molecular weight is 254 g/mol. The number of hydrogen-bond acceptors (Lipinski definition) is 3. The number of amides is 1. The van der Waals surface area contributed by atoms with Crippen molar-refractivity contribution in [2.45, 2.75) is 39.0 Å². The molecule has 2 aliphatic rings. The number of ether oxygens (including phenoxy) is 1. The summed E-state index contributed by atoms with van der Waals surface area (Å²) in [6, 6.07) is 0. The SMILES string of the molecule is CC1(CN)CCN(C(=O)CCC2CCOCC2)C1. The summed E-state index contributed by atoms with van der Waals surface area (Å²) in [6.07, 6.45) is 5.01. The van der Waals surface area contributed by atoms with E-state index in [9.17, 15) is 4.79 Å². The number of carbonyl (C=O) groups is 1. The van der Waals surface area contributed by atoms with Gasteiger partial charge in [-0.15, -0.1) is 0 Å². The molecule has 2 N–H and O–H groups in total. The molecule has 1 unspecified atom stereocenters. The molecular formula is C14H26N2O2. The van der Waals surface area contributed by atoms with E-state index in [2.05, 4.69) is 6.92 Å².